The number of nitrogens with one attached hydrogen (secondary N) is 2. The minimum absolute atomic E-state index is 0.111. The SMILES string of the molecule is O=C1COc2ccc(S(=O)(=O)Nc3ccccc3F)cc2N1. The fourth-order valence-electron chi connectivity index (χ4n) is 1.98. The van der Waals surface area contributed by atoms with E-state index in [-0.39, 0.29) is 28.8 Å². The number of para-hydroxylation sites is 1. The number of hydrogen-bond donors (Lipinski definition) is 2. The third kappa shape index (κ3) is 2.73. The lowest BCUT2D eigenvalue weighted by atomic mass is 10.2. The van der Waals surface area contributed by atoms with Crippen molar-refractivity contribution in [3.8, 4) is 5.75 Å². The van der Waals surface area contributed by atoms with Crippen molar-refractivity contribution in [2.75, 3.05) is 16.6 Å². The molecule has 0 bridgehead atoms. The Morgan fingerprint density at radius 2 is 1.95 bits per heavy atom. The average Bonchev–Trinajstić information content (AvgIpc) is 2.48. The molecule has 3 rings (SSSR count). The van der Waals surface area contributed by atoms with E-state index in [9.17, 15) is 17.6 Å². The molecule has 0 saturated carbocycles. The van der Waals surface area contributed by atoms with E-state index in [1.165, 1.54) is 36.4 Å². The van der Waals surface area contributed by atoms with Crippen LogP contribution in [0.5, 0.6) is 5.75 Å². The van der Waals surface area contributed by atoms with Crippen LogP contribution >= 0.6 is 0 Å². The summed E-state index contributed by atoms with van der Waals surface area (Å²) in [7, 11) is -3.98. The Balaban J connectivity index is 1.94. The summed E-state index contributed by atoms with van der Waals surface area (Å²) in [5.74, 6) is -0.672. The van der Waals surface area contributed by atoms with Gasteiger partial charge in [-0.1, -0.05) is 12.1 Å². The molecule has 0 aromatic heterocycles. The third-order valence-electron chi connectivity index (χ3n) is 3.01. The maximum Gasteiger partial charge on any atom is 0.262 e. The van der Waals surface area contributed by atoms with Crippen LogP contribution < -0.4 is 14.8 Å². The Kier molecular flexibility index (Phi) is 3.45. The standard InChI is InChI=1S/C14H11FN2O4S/c15-10-3-1-2-4-11(10)17-22(19,20)9-5-6-13-12(7-9)16-14(18)8-21-13/h1-7,17H,8H2,(H,16,18). The van der Waals surface area contributed by atoms with Gasteiger partial charge in [0.25, 0.3) is 15.9 Å². The summed E-state index contributed by atoms with van der Waals surface area (Å²) in [5, 5.41) is 2.52. The lowest BCUT2D eigenvalue weighted by Gasteiger charge is -2.18. The molecule has 0 radical (unpaired) electrons. The van der Waals surface area contributed by atoms with Crippen molar-refractivity contribution in [3.05, 3.63) is 48.3 Å². The lowest BCUT2D eigenvalue weighted by Crippen LogP contribution is -2.25. The summed E-state index contributed by atoms with van der Waals surface area (Å²) >= 11 is 0. The highest BCUT2D eigenvalue weighted by molar-refractivity contribution is 7.92. The van der Waals surface area contributed by atoms with E-state index in [0.717, 1.165) is 6.07 Å². The lowest BCUT2D eigenvalue weighted by molar-refractivity contribution is -0.118. The zero-order chi connectivity index (χ0) is 15.7. The van der Waals surface area contributed by atoms with Crippen LogP contribution in [0.4, 0.5) is 15.8 Å². The molecule has 0 fully saturated rings. The summed E-state index contributed by atoms with van der Waals surface area (Å²) in [5.41, 5.74) is 0.105. The van der Waals surface area contributed by atoms with E-state index < -0.39 is 15.8 Å². The normalized spacial score (nSPS) is 13.8. The number of carbonyl (C=O) groups excluding carboxylic acids is 1. The number of amides is 1. The third-order valence-corrected chi connectivity index (χ3v) is 4.38. The van der Waals surface area contributed by atoms with Crippen LogP contribution in [0.2, 0.25) is 0 Å². The number of rotatable bonds is 3. The van der Waals surface area contributed by atoms with Crippen LogP contribution in [0, 0.1) is 5.82 Å². The van der Waals surface area contributed by atoms with Crippen molar-refractivity contribution in [1.29, 1.82) is 0 Å². The quantitative estimate of drug-likeness (QED) is 0.904. The molecule has 114 valence electrons. The molecule has 0 atom stereocenters. The second-order valence-electron chi connectivity index (χ2n) is 4.58. The van der Waals surface area contributed by atoms with Crippen molar-refractivity contribution < 1.29 is 22.3 Å². The van der Waals surface area contributed by atoms with Crippen molar-refractivity contribution in [2.24, 2.45) is 0 Å². The molecule has 1 aliphatic rings. The molecule has 1 heterocycles. The summed E-state index contributed by atoms with van der Waals surface area (Å²) in [6, 6.07) is 9.45. The number of benzene rings is 2. The summed E-state index contributed by atoms with van der Waals surface area (Å²) < 4.78 is 45.5. The highest BCUT2D eigenvalue weighted by atomic mass is 32.2. The van der Waals surface area contributed by atoms with Crippen LogP contribution in [-0.4, -0.2) is 20.9 Å². The highest BCUT2D eigenvalue weighted by Crippen LogP contribution is 2.30. The maximum absolute atomic E-state index is 13.6. The molecule has 0 unspecified atom stereocenters. The van der Waals surface area contributed by atoms with Gasteiger partial charge in [0.15, 0.2) is 6.61 Å². The molecule has 0 saturated heterocycles. The Morgan fingerprint density at radius 3 is 2.73 bits per heavy atom. The van der Waals surface area contributed by atoms with E-state index in [1.807, 2.05) is 0 Å². The topological polar surface area (TPSA) is 84.5 Å². The molecule has 6 nitrogen and oxygen atoms in total. The largest absolute Gasteiger partial charge is 0.482 e. The number of fused-ring (bicyclic) bond motifs is 1. The predicted molar refractivity (Wildman–Crippen MR) is 77.8 cm³/mol. The zero-order valence-corrected chi connectivity index (χ0v) is 12.0. The fraction of sp³-hybridized carbons (Fsp3) is 0.0714. The van der Waals surface area contributed by atoms with Gasteiger partial charge in [-0.05, 0) is 30.3 Å². The fourth-order valence-corrected chi connectivity index (χ4v) is 3.07. The second kappa shape index (κ2) is 5.30. The van der Waals surface area contributed by atoms with Crippen LogP contribution in [0.15, 0.2) is 47.4 Å². The molecule has 1 aliphatic heterocycles. The molecule has 0 spiro atoms. The van der Waals surface area contributed by atoms with Gasteiger partial charge >= 0.3 is 0 Å². The first-order valence-electron chi connectivity index (χ1n) is 6.30. The number of ether oxygens (including phenoxy) is 1. The van der Waals surface area contributed by atoms with Gasteiger partial charge in [-0.25, -0.2) is 12.8 Å². The monoisotopic (exact) mass is 322 g/mol. The minimum Gasteiger partial charge on any atom is -0.482 e. The van der Waals surface area contributed by atoms with E-state index in [4.69, 9.17) is 4.74 Å². The molecular weight excluding hydrogens is 311 g/mol. The number of hydrogen-bond acceptors (Lipinski definition) is 4. The van der Waals surface area contributed by atoms with Crippen molar-refractivity contribution >= 4 is 27.3 Å². The Bertz CT molecular complexity index is 852. The zero-order valence-electron chi connectivity index (χ0n) is 11.2. The van der Waals surface area contributed by atoms with Gasteiger partial charge < -0.3 is 10.1 Å². The van der Waals surface area contributed by atoms with Crippen LogP contribution in [-0.2, 0) is 14.8 Å². The first kappa shape index (κ1) is 14.3. The molecule has 22 heavy (non-hydrogen) atoms. The van der Waals surface area contributed by atoms with Gasteiger partial charge in [0.1, 0.15) is 11.6 Å². The molecule has 8 heteroatoms. The predicted octanol–water partition coefficient (Wildman–Crippen LogP) is 1.96. The van der Waals surface area contributed by atoms with E-state index in [1.54, 1.807) is 0 Å². The van der Waals surface area contributed by atoms with Gasteiger partial charge in [-0.2, -0.15) is 0 Å². The van der Waals surface area contributed by atoms with Crippen molar-refractivity contribution in [1.82, 2.24) is 0 Å². The average molecular weight is 322 g/mol. The second-order valence-corrected chi connectivity index (χ2v) is 6.26. The number of carbonyl (C=O) groups is 1. The smallest absolute Gasteiger partial charge is 0.262 e. The van der Waals surface area contributed by atoms with Gasteiger partial charge in [0, 0.05) is 0 Å². The molecular formula is C14H11FN2O4S. The maximum atomic E-state index is 13.6. The van der Waals surface area contributed by atoms with E-state index in [0.29, 0.717) is 5.75 Å². The molecule has 2 aromatic rings. The van der Waals surface area contributed by atoms with Crippen molar-refractivity contribution in [3.63, 3.8) is 0 Å². The van der Waals surface area contributed by atoms with Crippen molar-refractivity contribution in [2.45, 2.75) is 4.90 Å². The Morgan fingerprint density at radius 1 is 1.18 bits per heavy atom. The van der Waals surface area contributed by atoms with Gasteiger partial charge in [-0.3, -0.25) is 9.52 Å². The Hall–Kier alpha value is -2.61. The number of anilines is 2. The van der Waals surface area contributed by atoms with Crippen LogP contribution in [0.25, 0.3) is 0 Å². The summed E-state index contributed by atoms with van der Waals surface area (Å²) in [4.78, 5) is 11.2. The van der Waals surface area contributed by atoms with Crippen LogP contribution in [0.1, 0.15) is 0 Å². The van der Waals surface area contributed by atoms with Gasteiger partial charge in [-0.15, -0.1) is 0 Å². The molecule has 0 aliphatic carbocycles. The number of sulfonamides is 1. The summed E-state index contributed by atoms with van der Waals surface area (Å²) in [6.07, 6.45) is 0. The first-order valence-corrected chi connectivity index (χ1v) is 7.78. The highest BCUT2D eigenvalue weighted by Gasteiger charge is 2.21. The van der Waals surface area contributed by atoms with Crippen LogP contribution in [0.3, 0.4) is 0 Å². The van der Waals surface area contributed by atoms with E-state index in [2.05, 4.69) is 10.0 Å². The first-order chi connectivity index (χ1) is 10.5. The molecule has 1 amide bonds. The Labute approximate surface area is 126 Å². The minimum atomic E-state index is -3.98. The summed E-state index contributed by atoms with van der Waals surface area (Å²) in [6.45, 7) is -0.118. The number of halogens is 1. The molecule has 2 aromatic carbocycles. The van der Waals surface area contributed by atoms with E-state index >= 15 is 0 Å². The molecule has 2 N–H and O–H groups in total. The van der Waals surface area contributed by atoms with Gasteiger partial charge in [0.05, 0.1) is 16.3 Å². The van der Waals surface area contributed by atoms with Gasteiger partial charge in [0.2, 0.25) is 0 Å².